The molecule has 2 aliphatic heterocycles. The van der Waals surface area contributed by atoms with E-state index in [0.717, 1.165) is 49.6 Å². The number of likely N-dealkylation sites (tertiary alicyclic amines) is 1. The van der Waals surface area contributed by atoms with Crippen LogP contribution in [0.25, 0.3) is 0 Å². The maximum atomic E-state index is 12.1. The maximum Gasteiger partial charge on any atom is 0.251 e. The summed E-state index contributed by atoms with van der Waals surface area (Å²) >= 11 is 3.38. The molecule has 3 rings (SSSR count). The first-order valence-corrected chi connectivity index (χ1v) is 9.48. The number of nitrogens with one attached hydrogen (secondary N) is 2. The highest BCUT2D eigenvalue weighted by molar-refractivity contribution is 9.10. The Hall–Kier alpha value is -1.60. The van der Waals surface area contributed by atoms with Gasteiger partial charge in [0.05, 0.1) is 6.61 Å². The van der Waals surface area contributed by atoms with Crippen LogP contribution in [0.4, 0.5) is 0 Å². The van der Waals surface area contributed by atoms with Crippen molar-refractivity contribution in [3.05, 3.63) is 34.3 Å². The van der Waals surface area contributed by atoms with Gasteiger partial charge in [0.1, 0.15) is 0 Å². The van der Waals surface area contributed by atoms with E-state index in [1.54, 1.807) is 13.1 Å². The van der Waals surface area contributed by atoms with Crippen molar-refractivity contribution in [1.82, 2.24) is 15.5 Å². The lowest BCUT2D eigenvalue weighted by Crippen LogP contribution is -2.44. The first-order chi connectivity index (χ1) is 12.1. The number of hydrogen-bond donors (Lipinski definition) is 2. The number of nitrogens with zero attached hydrogens (tertiary/aromatic N) is 2. The Labute approximate surface area is 157 Å². The Morgan fingerprint density at radius 1 is 1.36 bits per heavy atom. The summed E-state index contributed by atoms with van der Waals surface area (Å²) in [5, 5.41) is 6.28. The zero-order chi connectivity index (χ0) is 17.7. The number of ether oxygens (including phenoxy) is 1. The van der Waals surface area contributed by atoms with Crippen molar-refractivity contribution in [2.24, 2.45) is 10.4 Å². The van der Waals surface area contributed by atoms with E-state index >= 15 is 0 Å². The zero-order valence-corrected chi connectivity index (χ0v) is 16.1. The second-order valence-corrected chi connectivity index (χ2v) is 7.63. The number of hydrogen-bond acceptors (Lipinski definition) is 3. The van der Waals surface area contributed by atoms with Gasteiger partial charge in [-0.3, -0.25) is 9.79 Å². The Bertz CT molecular complexity index is 644. The van der Waals surface area contributed by atoms with Crippen molar-refractivity contribution in [3.8, 4) is 0 Å². The van der Waals surface area contributed by atoms with E-state index in [1.165, 1.54) is 0 Å². The molecule has 136 valence electrons. The lowest BCUT2D eigenvalue weighted by molar-refractivity contribution is 0.0954. The van der Waals surface area contributed by atoms with Crippen LogP contribution in [0.3, 0.4) is 0 Å². The molecule has 0 bridgehead atoms. The Balaban J connectivity index is 1.42. The highest BCUT2D eigenvalue weighted by atomic mass is 79.9. The van der Waals surface area contributed by atoms with Gasteiger partial charge in [0, 0.05) is 55.3 Å². The first-order valence-electron chi connectivity index (χ1n) is 8.69. The summed E-state index contributed by atoms with van der Waals surface area (Å²) in [5.74, 6) is 0.835. The largest absolute Gasteiger partial charge is 0.381 e. The molecule has 1 aromatic carbocycles. The molecule has 2 heterocycles. The van der Waals surface area contributed by atoms with Gasteiger partial charge < -0.3 is 20.3 Å². The average molecular weight is 409 g/mol. The highest BCUT2D eigenvalue weighted by Gasteiger charge is 2.42. The average Bonchev–Trinajstić information content (AvgIpc) is 3.25. The summed E-state index contributed by atoms with van der Waals surface area (Å²) in [5.41, 5.74) is 0.966. The second kappa shape index (κ2) is 8.19. The van der Waals surface area contributed by atoms with Crippen LogP contribution in [0.1, 0.15) is 23.2 Å². The molecule has 6 nitrogen and oxygen atoms in total. The van der Waals surface area contributed by atoms with E-state index in [9.17, 15) is 4.79 Å². The van der Waals surface area contributed by atoms with Crippen LogP contribution in [0.5, 0.6) is 0 Å². The minimum absolute atomic E-state index is 0.0682. The van der Waals surface area contributed by atoms with Gasteiger partial charge in [0.2, 0.25) is 0 Å². The zero-order valence-electron chi connectivity index (χ0n) is 14.6. The molecule has 2 fully saturated rings. The van der Waals surface area contributed by atoms with Gasteiger partial charge in [0.25, 0.3) is 5.91 Å². The number of carbonyl (C=O) groups excluding carboxylic acids is 1. The first kappa shape index (κ1) is 18.2. The molecule has 7 heteroatoms. The predicted molar refractivity (Wildman–Crippen MR) is 102 cm³/mol. The molecule has 2 N–H and O–H groups in total. The predicted octanol–water partition coefficient (Wildman–Crippen LogP) is 1.87. The lowest BCUT2D eigenvalue weighted by atomic mass is 9.87. The minimum atomic E-state index is -0.0682. The monoisotopic (exact) mass is 408 g/mol. The molecule has 1 amide bonds. The number of aliphatic imine (C=N–C) groups is 1. The van der Waals surface area contributed by atoms with Crippen molar-refractivity contribution in [3.63, 3.8) is 0 Å². The van der Waals surface area contributed by atoms with Crippen LogP contribution < -0.4 is 10.6 Å². The van der Waals surface area contributed by atoms with Gasteiger partial charge in [-0.1, -0.05) is 22.0 Å². The van der Waals surface area contributed by atoms with E-state index in [1.807, 2.05) is 18.2 Å². The summed E-state index contributed by atoms with van der Waals surface area (Å²) in [4.78, 5) is 18.8. The summed E-state index contributed by atoms with van der Waals surface area (Å²) in [7, 11) is 1.80. The van der Waals surface area contributed by atoms with E-state index in [0.29, 0.717) is 24.1 Å². The topological polar surface area (TPSA) is 66.0 Å². The SMILES string of the molecule is CN=C(NCCNC(=O)c1cccc(Br)c1)N1CCC2(CCOC2)C1. The van der Waals surface area contributed by atoms with E-state index in [-0.39, 0.29) is 5.91 Å². The van der Waals surface area contributed by atoms with Gasteiger partial charge in [-0.15, -0.1) is 0 Å². The fourth-order valence-corrected chi connectivity index (χ4v) is 3.90. The Morgan fingerprint density at radius 2 is 2.20 bits per heavy atom. The molecule has 1 spiro atoms. The molecule has 2 aliphatic rings. The van der Waals surface area contributed by atoms with Crippen molar-refractivity contribution in [2.45, 2.75) is 12.8 Å². The summed E-state index contributed by atoms with van der Waals surface area (Å²) in [6, 6.07) is 7.38. The number of guanidine groups is 1. The van der Waals surface area contributed by atoms with Crippen LogP contribution in [0.15, 0.2) is 33.7 Å². The Morgan fingerprint density at radius 3 is 2.92 bits per heavy atom. The molecule has 0 saturated carbocycles. The fourth-order valence-electron chi connectivity index (χ4n) is 3.50. The summed E-state index contributed by atoms with van der Waals surface area (Å²) in [6.45, 7) is 4.94. The van der Waals surface area contributed by atoms with Crippen molar-refractivity contribution >= 4 is 27.8 Å². The molecular formula is C18H25BrN4O2. The minimum Gasteiger partial charge on any atom is -0.381 e. The molecule has 2 saturated heterocycles. The quantitative estimate of drug-likeness (QED) is 0.453. The van der Waals surface area contributed by atoms with Crippen LogP contribution in [-0.2, 0) is 4.74 Å². The number of benzene rings is 1. The Kier molecular flexibility index (Phi) is 5.96. The fraction of sp³-hybridized carbons (Fsp3) is 0.556. The summed E-state index contributed by atoms with van der Waals surface area (Å²) in [6.07, 6.45) is 2.30. The van der Waals surface area contributed by atoms with Gasteiger partial charge in [-0.2, -0.15) is 0 Å². The maximum absolute atomic E-state index is 12.1. The molecule has 1 unspecified atom stereocenters. The van der Waals surface area contributed by atoms with Crippen molar-refractivity contribution < 1.29 is 9.53 Å². The van der Waals surface area contributed by atoms with Crippen molar-refractivity contribution in [1.29, 1.82) is 0 Å². The van der Waals surface area contributed by atoms with Gasteiger partial charge >= 0.3 is 0 Å². The van der Waals surface area contributed by atoms with Crippen LogP contribution >= 0.6 is 15.9 Å². The highest BCUT2D eigenvalue weighted by Crippen LogP contribution is 2.38. The standard InChI is InChI=1S/C18H25BrN4O2/c1-20-17(23-9-5-18(12-23)6-10-25-13-18)22-8-7-21-16(24)14-3-2-4-15(19)11-14/h2-4,11H,5-10,12-13H2,1H3,(H,20,22)(H,21,24). The normalized spacial score (nSPS) is 23.3. The third-order valence-electron chi connectivity index (χ3n) is 4.92. The van der Waals surface area contributed by atoms with Crippen LogP contribution in [-0.4, -0.2) is 63.2 Å². The van der Waals surface area contributed by atoms with E-state index in [2.05, 4.69) is 36.5 Å². The molecule has 25 heavy (non-hydrogen) atoms. The van der Waals surface area contributed by atoms with Gasteiger partial charge in [-0.05, 0) is 31.0 Å². The third-order valence-corrected chi connectivity index (χ3v) is 5.41. The molecule has 0 aromatic heterocycles. The second-order valence-electron chi connectivity index (χ2n) is 6.71. The van der Waals surface area contributed by atoms with Crippen LogP contribution in [0, 0.1) is 5.41 Å². The molecule has 0 radical (unpaired) electrons. The van der Waals surface area contributed by atoms with Gasteiger partial charge in [0.15, 0.2) is 5.96 Å². The molecule has 1 aromatic rings. The lowest BCUT2D eigenvalue weighted by Gasteiger charge is -2.25. The van der Waals surface area contributed by atoms with Gasteiger partial charge in [-0.25, -0.2) is 0 Å². The molecular weight excluding hydrogens is 384 g/mol. The number of amides is 1. The molecule has 0 aliphatic carbocycles. The number of halogens is 1. The van der Waals surface area contributed by atoms with Crippen LogP contribution in [0.2, 0.25) is 0 Å². The number of rotatable bonds is 4. The van der Waals surface area contributed by atoms with Crippen molar-refractivity contribution in [2.75, 3.05) is 46.4 Å². The number of carbonyl (C=O) groups is 1. The van der Waals surface area contributed by atoms with E-state index < -0.39 is 0 Å². The summed E-state index contributed by atoms with van der Waals surface area (Å²) < 4.78 is 6.48. The molecule has 1 atom stereocenters. The van der Waals surface area contributed by atoms with E-state index in [4.69, 9.17) is 4.74 Å². The smallest absolute Gasteiger partial charge is 0.251 e. The third kappa shape index (κ3) is 4.52.